The summed E-state index contributed by atoms with van der Waals surface area (Å²) in [6, 6.07) is 27.2. The fraction of sp³-hybridized carbons (Fsp3) is 0.0667. The molecule has 1 aliphatic rings. The molecule has 5 aromatic carbocycles. The molecule has 0 saturated carbocycles. The van der Waals surface area contributed by atoms with Gasteiger partial charge in [0.25, 0.3) is 0 Å². The summed E-state index contributed by atoms with van der Waals surface area (Å²) in [6.07, 6.45) is 6.86. The van der Waals surface area contributed by atoms with Crippen LogP contribution in [0.5, 0.6) is 0 Å². The average molecular weight is 419 g/mol. The highest BCUT2D eigenvalue weighted by Gasteiger charge is 2.21. The van der Waals surface area contributed by atoms with E-state index in [1.807, 2.05) is 12.1 Å². The van der Waals surface area contributed by atoms with Crippen LogP contribution < -0.4 is 10.4 Å². The molecular weight excluding hydrogens is 402 g/mol. The molecule has 0 radical (unpaired) electrons. The molecule has 0 N–H and O–H groups in total. The van der Waals surface area contributed by atoms with Crippen LogP contribution in [-0.2, 0) is 0 Å². The first kappa shape index (κ1) is 18.0. The molecule has 0 spiro atoms. The lowest BCUT2D eigenvalue weighted by Crippen LogP contribution is -2.28. The molecule has 1 heterocycles. The van der Waals surface area contributed by atoms with E-state index < -0.39 is 0 Å². The van der Waals surface area contributed by atoms with Crippen LogP contribution in [0.1, 0.15) is 24.0 Å². The van der Waals surface area contributed by atoms with E-state index in [4.69, 9.17) is 0 Å². The molecule has 0 fully saturated rings. The monoisotopic (exact) mass is 419 g/mol. The molecule has 0 amide bonds. The topological polar surface area (TPSA) is 52.5 Å². The lowest BCUT2D eigenvalue weighted by atomic mass is 9.91. The first-order chi connectivity index (χ1) is 16.3. The predicted octanol–water partition coefficient (Wildman–Crippen LogP) is 5.63. The molecule has 0 bridgehead atoms. The minimum Gasteiger partial charge on any atom is -0.309 e. The molecule has 1 aromatic heterocycles. The van der Waals surface area contributed by atoms with Crippen molar-refractivity contribution in [2.24, 2.45) is 0 Å². The standard InChI is InChI=1S/C30H17N3/c31-16-18-12-19(17-32)14-21(13-18)33-26-11-5-10-25-23-8-3-4-9-24(23)28-22-7-2-1-6-20(22)15-27(33)30(28)29(25)26/h1-2,5-15H,3-4H2. The maximum Gasteiger partial charge on any atom is 0.0992 e. The Kier molecular flexibility index (Phi) is 3.52. The van der Waals surface area contributed by atoms with E-state index >= 15 is 0 Å². The minimum atomic E-state index is 0.491. The molecule has 3 heteroatoms. The fourth-order valence-electron chi connectivity index (χ4n) is 5.70. The van der Waals surface area contributed by atoms with Crippen molar-refractivity contribution in [3.63, 3.8) is 0 Å². The minimum absolute atomic E-state index is 0.491. The van der Waals surface area contributed by atoms with Crippen LogP contribution in [0.3, 0.4) is 0 Å². The normalized spacial score (nSPS) is 13.0. The zero-order valence-electron chi connectivity index (χ0n) is 17.8. The van der Waals surface area contributed by atoms with Crippen LogP contribution in [0.4, 0.5) is 0 Å². The highest BCUT2D eigenvalue weighted by molar-refractivity contribution is 6.30. The third kappa shape index (κ3) is 2.31. The molecule has 33 heavy (non-hydrogen) atoms. The second kappa shape index (κ2) is 6.45. The number of rotatable bonds is 1. The van der Waals surface area contributed by atoms with Gasteiger partial charge in [0.05, 0.1) is 34.3 Å². The van der Waals surface area contributed by atoms with Gasteiger partial charge in [-0.1, -0.05) is 48.6 Å². The number of fused-ring (bicyclic) bond motifs is 5. The van der Waals surface area contributed by atoms with Gasteiger partial charge in [0.1, 0.15) is 0 Å². The second-order valence-electron chi connectivity index (χ2n) is 8.71. The van der Waals surface area contributed by atoms with E-state index in [-0.39, 0.29) is 0 Å². The van der Waals surface area contributed by atoms with Gasteiger partial charge in [0.15, 0.2) is 0 Å². The van der Waals surface area contributed by atoms with Gasteiger partial charge in [-0.2, -0.15) is 10.5 Å². The summed E-state index contributed by atoms with van der Waals surface area (Å²) < 4.78 is 2.23. The highest BCUT2D eigenvalue weighted by Crippen LogP contribution is 2.40. The smallest absolute Gasteiger partial charge is 0.0992 e. The van der Waals surface area contributed by atoms with E-state index in [0.29, 0.717) is 11.1 Å². The van der Waals surface area contributed by atoms with Crippen molar-refractivity contribution in [1.82, 2.24) is 4.57 Å². The van der Waals surface area contributed by atoms with Crippen molar-refractivity contribution >= 4 is 55.5 Å². The second-order valence-corrected chi connectivity index (χ2v) is 8.71. The van der Waals surface area contributed by atoms with Crippen LogP contribution in [0.25, 0.3) is 61.2 Å². The summed E-state index contributed by atoms with van der Waals surface area (Å²) in [4.78, 5) is 0. The van der Waals surface area contributed by atoms with E-state index in [1.54, 1.807) is 6.07 Å². The first-order valence-electron chi connectivity index (χ1n) is 11.1. The van der Waals surface area contributed by atoms with E-state index in [9.17, 15) is 10.5 Å². The van der Waals surface area contributed by atoms with E-state index in [1.165, 1.54) is 42.8 Å². The zero-order valence-corrected chi connectivity index (χ0v) is 17.8. The van der Waals surface area contributed by atoms with Crippen molar-refractivity contribution in [3.05, 3.63) is 88.3 Å². The Labute approximate surface area is 189 Å². The molecule has 1 aliphatic carbocycles. The lowest BCUT2D eigenvalue weighted by Gasteiger charge is -2.12. The van der Waals surface area contributed by atoms with Gasteiger partial charge in [-0.25, -0.2) is 0 Å². The quantitative estimate of drug-likeness (QED) is 0.325. The maximum atomic E-state index is 9.60. The van der Waals surface area contributed by atoms with Gasteiger partial charge >= 0.3 is 0 Å². The Morgan fingerprint density at radius 3 is 2.15 bits per heavy atom. The Bertz CT molecular complexity index is 1960. The van der Waals surface area contributed by atoms with Crippen LogP contribution in [0.2, 0.25) is 0 Å². The van der Waals surface area contributed by atoms with Crippen LogP contribution in [0.15, 0.2) is 66.7 Å². The Hall–Kier alpha value is -4.60. The van der Waals surface area contributed by atoms with Gasteiger partial charge in [0.2, 0.25) is 0 Å². The summed E-state index contributed by atoms with van der Waals surface area (Å²) in [5.74, 6) is 0. The SMILES string of the molecule is N#Cc1cc(C#N)cc(-n2c3cccc4c5c(c6c7ccccc7cc2c6c43)=CCCC=5)c1. The molecular formula is C30H17N3. The molecule has 6 aromatic rings. The van der Waals surface area contributed by atoms with Gasteiger partial charge in [-0.05, 0) is 75.2 Å². The Morgan fingerprint density at radius 2 is 1.36 bits per heavy atom. The number of benzene rings is 5. The van der Waals surface area contributed by atoms with Gasteiger partial charge in [-0.3, -0.25) is 0 Å². The van der Waals surface area contributed by atoms with Crippen molar-refractivity contribution in [2.45, 2.75) is 12.8 Å². The zero-order chi connectivity index (χ0) is 22.1. The largest absolute Gasteiger partial charge is 0.309 e. The Balaban J connectivity index is 1.83. The molecule has 3 nitrogen and oxygen atoms in total. The molecule has 7 rings (SSSR count). The van der Waals surface area contributed by atoms with Crippen molar-refractivity contribution in [2.75, 3.05) is 0 Å². The van der Waals surface area contributed by atoms with Crippen molar-refractivity contribution < 1.29 is 0 Å². The van der Waals surface area contributed by atoms with Gasteiger partial charge in [0, 0.05) is 16.5 Å². The first-order valence-corrected chi connectivity index (χ1v) is 11.1. The number of hydrogen-bond donors (Lipinski definition) is 0. The number of nitrogens with zero attached hydrogens (tertiary/aromatic N) is 3. The molecule has 0 atom stereocenters. The van der Waals surface area contributed by atoms with Gasteiger partial charge < -0.3 is 4.57 Å². The summed E-state index contributed by atoms with van der Waals surface area (Å²) in [5, 5.41) is 29.4. The van der Waals surface area contributed by atoms with Crippen LogP contribution in [0, 0.1) is 22.7 Å². The summed E-state index contributed by atoms with van der Waals surface area (Å²) in [5.41, 5.74) is 4.03. The summed E-state index contributed by atoms with van der Waals surface area (Å²) >= 11 is 0. The highest BCUT2D eigenvalue weighted by atomic mass is 15.0. The summed E-state index contributed by atoms with van der Waals surface area (Å²) in [7, 11) is 0. The average Bonchev–Trinajstić information content (AvgIpc) is 3.21. The van der Waals surface area contributed by atoms with Gasteiger partial charge in [-0.15, -0.1) is 0 Å². The van der Waals surface area contributed by atoms with E-state index in [2.05, 4.69) is 77.4 Å². The third-order valence-electron chi connectivity index (χ3n) is 6.95. The number of aromatic nitrogens is 1. The number of nitriles is 2. The third-order valence-corrected chi connectivity index (χ3v) is 6.95. The molecule has 0 aliphatic heterocycles. The lowest BCUT2D eigenvalue weighted by molar-refractivity contribution is 1.13. The predicted molar refractivity (Wildman–Crippen MR) is 134 cm³/mol. The maximum absolute atomic E-state index is 9.60. The molecule has 0 saturated heterocycles. The summed E-state index contributed by atoms with van der Waals surface area (Å²) in [6.45, 7) is 0. The van der Waals surface area contributed by atoms with Crippen LogP contribution >= 0.6 is 0 Å². The molecule has 0 unspecified atom stereocenters. The Morgan fingerprint density at radius 1 is 0.636 bits per heavy atom. The molecule has 152 valence electrons. The fourth-order valence-corrected chi connectivity index (χ4v) is 5.70. The van der Waals surface area contributed by atoms with Crippen molar-refractivity contribution in [1.29, 1.82) is 10.5 Å². The number of hydrogen-bond acceptors (Lipinski definition) is 2. The van der Waals surface area contributed by atoms with Crippen LogP contribution in [-0.4, -0.2) is 4.57 Å². The van der Waals surface area contributed by atoms with E-state index in [0.717, 1.165) is 29.6 Å². The van der Waals surface area contributed by atoms with Crippen molar-refractivity contribution in [3.8, 4) is 17.8 Å².